The summed E-state index contributed by atoms with van der Waals surface area (Å²) >= 11 is -1.40. The second kappa shape index (κ2) is 6.34. The van der Waals surface area contributed by atoms with E-state index in [9.17, 15) is 24.6 Å². The van der Waals surface area contributed by atoms with Crippen LogP contribution in [0.15, 0.2) is 12.1 Å². The number of carbonyl (C=O) groups is 1. The molecule has 1 aliphatic heterocycles. The third kappa shape index (κ3) is 3.74. The van der Waals surface area contributed by atoms with Gasteiger partial charge < -0.3 is 14.4 Å². The number of nitrogens with one attached hydrogen (secondary N) is 1. The molecule has 0 aliphatic carbocycles. The molecule has 8 nitrogen and oxygen atoms in total. The summed E-state index contributed by atoms with van der Waals surface area (Å²) in [6.07, 6.45) is 0.440. The van der Waals surface area contributed by atoms with Crippen LogP contribution in [0, 0.1) is 10.1 Å². The maximum atomic E-state index is 12.3. The molecule has 1 aromatic rings. The predicted octanol–water partition coefficient (Wildman–Crippen LogP) is 2.17. The van der Waals surface area contributed by atoms with Gasteiger partial charge in [0.15, 0.2) is 0 Å². The lowest BCUT2D eigenvalue weighted by Crippen LogP contribution is -2.42. The Morgan fingerprint density at radius 2 is 2.13 bits per heavy atom. The molecule has 126 valence electrons. The molecule has 0 spiro atoms. The van der Waals surface area contributed by atoms with Crippen LogP contribution in [0.3, 0.4) is 0 Å². The summed E-state index contributed by atoms with van der Waals surface area (Å²) in [6.45, 7) is 5.63. The van der Waals surface area contributed by atoms with E-state index >= 15 is 0 Å². The maximum absolute atomic E-state index is 12.3. The first-order valence-corrected chi connectivity index (χ1v) is 8.12. The minimum absolute atomic E-state index is 0.0951. The van der Waals surface area contributed by atoms with Gasteiger partial charge in [-0.3, -0.25) is 10.1 Å². The van der Waals surface area contributed by atoms with Gasteiger partial charge in [0.25, 0.3) is 5.69 Å². The number of carboxylic acids is 1. The first-order valence-electron chi connectivity index (χ1n) is 6.97. The second-order valence-electron chi connectivity index (χ2n) is 6.16. The van der Waals surface area contributed by atoms with Crippen molar-refractivity contribution >= 4 is 23.0 Å². The third-order valence-corrected chi connectivity index (χ3v) is 4.99. The summed E-state index contributed by atoms with van der Waals surface area (Å²) in [5.74, 6) is -1.21. The van der Waals surface area contributed by atoms with E-state index in [0.717, 1.165) is 6.07 Å². The number of aromatic carboxylic acids is 1. The Balaban J connectivity index is 2.47. The number of fused-ring (bicyclic) bond motifs is 1. The first kappa shape index (κ1) is 17.5. The van der Waals surface area contributed by atoms with Crippen LogP contribution in [-0.2, 0) is 11.4 Å². The van der Waals surface area contributed by atoms with Crippen molar-refractivity contribution in [1.29, 1.82) is 0 Å². The Morgan fingerprint density at radius 1 is 1.48 bits per heavy atom. The van der Waals surface area contributed by atoms with Crippen molar-refractivity contribution in [3.63, 3.8) is 0 Å². The highest BCUT2D eigenvalue weighted by Crippen LogP contribution is 2.39. The molecule has 0 radical (unpaired) electrons. The van der Waals surface area contributed by atoms with Gasteiger partial charge in [-0.05, 0) is 20.8 Å². The van der Waals surface area contributed by atoms with Gasteiger partial charge in [0.05, 0.1) is 17.6 Å². The van der Waals surface area contributed by atoms with E-state index in [1.165, 1.54) is 6.07 Å². The Morgan fingerprint density at radius 3 is 2.65 bits per heavy atom. The smallest absolute Gasteiger partial charge is 0.339 e. The molecular formula is C14H18N2O6S. The summed E-state index contributed by atoms with van der Waals surface area (Å²) in [5.41, 5.74) is -0.248. The number of rotatable bonds is 4. The molecule has 0 unspecified atom stereocenters. The fourth-order valence-corrected chi connectivity index (χ4v) is 3.04. The number of hydrogen-bond acceptors (Lipinski definition) is 6. The van der Waals surface area contributed by atoms with Crippen molar-refractivity contribution in [1.82, 2.24) is 4.72 Å². The third-order valence-electron chi connectivity index (χ3n) is 3.38. The maximum Gasteiger partial charge on any atom is 0.339 e. The van der Waals surface area contributed by atoms with Crippen LogP contribution in [0.2, 0.25) is 0 Å². The average molecular weight is 342 g/mol. The lowest BCUT2D eigenvalue weighted by atomic mass is 9.97. The highest BCUT2D eigenvalue weighted by molar-refractivity contribution is 7.90. The van der Waals surface area contributed by atoms with Crippen molar-refractivity contribution in [2.45, 2.75) is 38.0 Å². The molecule has 9 heteroatoms. The summed E-state index contributed by atoms with van der Waals surface area (Å²) in [7, 11) is 0. The van der Waals surface area contributed by atoms with Gasteiger partial charge in [0, 0.05) is 35.5 Å². The van der Waals surface area contributed by atoms with E-state index in [4.69, 9.17) is 4.74 Å². The van der Waals surface area contributed by atoms with Gasteiger partial charge in [-0.1, -0.05) is 0 Å². The van der Waals surface area contributed by atoms with Gasteiger partial charge in [-0.25, -0.2) is 4.79 Å². The van der Waals surface area contributed by atoms with Crippen LogP contribution in [0.25, 0.3) is 0 Å². The fourth-order valence-electron chi connectivity index (χ4n) is 2.18. The molecule has 2 atom stereocenters. The van der Waals surface area contributed by atoms with Crippen LogP contribution in [0.5, 0.6) is 5.75 Å². The van der Waals surface area contributed by atoms with Crippen LogP contribution >= 0.6 is 0 Å². The molecule has 1 aliphatic rings. The number of ether oxygens (including phenoxy) is 1. The van der Waals surface area contributed by atoms with Gasteiger partial charge >= 0.3 is 5.97 Å². The number of nitro groups is 1. The Bertz CT molecular complexity index is 643. The molecule has 2 N–H and O–H groups in total. The van der Waals surface area contributed by atoms with E-state index < -0.39 is 33.0 Å². The molecule has 1 heterocycles. The minimum atomic E-state index is -1.40. The molecule has 0 saturated carbocycles. The van der Waals surface area contributed by atoms with E-state index in [1.54, 1.807) is 20.8 Å². The van der Waals surface area contributed by atoms with Crippen LogP contribution < -0.4 is 9.46 Å². The van der Waals surface area contributed by atoms with Gasteiger partial charge in [0.2, 0.25) is 0 Å². The van der Waals surface area contributed by atoms with Gasteiger partial charge in [-0.2, -0.15) is 0 Å². The molecule has 0 aromatic heterocycles. The van der Waals surface area contributed by atoms with Crippen LogP contribution in [0.1, 0.15) is 49.2 Å². The summed E-state index contributed by atoms with van der Waals surface area (Å²) in [5, 5.41) is 20.3. The minimum Gasteiger partial charge on any atom is -0.598 e. The monoisotopic (exact) mass is 342 g/mol. The summed E-state index contributed by atoms with van der Waals surface area (Å²) in [4.78, 5) is 21.7. The summed E-state index contributed by atoms with van der Waals surface area (Å²) < 4.78 is 20.1. The van der Waals surface area contributed by atoms with Crippen molar-refractivity contribution in [3.8, 4) is 5.75 Å². The normalized spacial score (nSPS) is 18.7. The molecule has 0 bridgehead atoms. The van der Waals surface area contributed by atoms with E-state index in [2.05, 4.69) is 4.72 Å². The van der Waals surface area contributed by atoms with Gasteiger partial charge in [0.1, 0.15) is 16.1 Å². The van der Waals surface area contributed by atoms with Crippen molar-refractivity contribution in [2.75, 3.05) is 6.61 Å². The highest BCUT2D eigenvalue weighted by atomic mass is 32.2. The average Bonchev–Trinajstić information content (AvgIpc) is 2.45. The summed E-state index contributed by atoms with van der Waals surface area (Å²) in [6, 6.07) is 1.78. The number of nitro benzene ring substituents is 1. The van der Waals surface area contributed by atoms with Crippen molar-refractivity contribution in [2.24, 2.45) is 0 Å². The van der Waals surface area contributed by atoms with E-state index in [0.29, 0.717) is 12.0 Å². The molecular weight excluding hydrogens is 324 g/mol. The number of non-ortho nitro benzene ring substituents is 1. The van der Waals surface area contributed by atoms with E-state index in [-0.39, 0.29) is 23.6 Å². The quantitative estimate of drug-likeness (QED) is 0.488. The zero-order chi connectivity index (χ0) is 17.4. The largest absolute Gasteiger partial charge is 0.598 e. The number of benzene rings is 1. The molecule has 2 rings (SSSR count). The highest BCUT2D eigenvalue weighted by Gasteiger charge is 2.35. The van der Waals surface area contributed by atoms with Gasteiger partial charge in [-0.15, -0.1) is 4.72 Å². The lowest BCUT2D eigenvalue weighted by Gasteiger charge is -2.31. The van der Waals surface area contributed by atoms with Crippen molar-refractivity contribution in [3.05, 3.63) is 33.4 Å². The standard InChI is InChI=1S/C14H18N2O6S/c1-14(2,3)23(21)15-11-4-5-22-12-9(11)6-8(16(19)20)7-10(12)13(17)18/h6-7,11,15H,4-5H2,1-3H3,(H,17,18)/t11-,23-/m0/s1. The number of hydrogen-bond donors (Lipinski definition) is 2. The second-order valence-corrected chi connectivity index (χ2v) is 8.16. The lowest BCUT2D eigenvalue weighted by molar-refractivity contribution is -0.385. The zero-order valence-corrected chi connectivity index (χ0v) is 13.8. The molecule has 1 aromatic carbocycles. The molecule has 23 heavy (non-hydrogen) atoms. The number of carboxylic acid groups (broad SMARTS) is 1. The van der Waals surface area contributed by atoms with E-state index in [1.807, 2.05) is 0 Å². The topological polar surface area (TPSA) is 125 Å². The van der Waals surface area contributed by atoms with Crippen LogP contribution in [-0.4, -0.2) is 31.9 Å². The number of nitrogens with zero attached hydrogens (tertiary/aromatic N) is 1. The predicted molar refractivity (Wildman–Crippen MR) is 83.9 cm³/mol. The zero-order valence-electron chi connectivity index (χ0n) is 13.0. The Labute approximate surface area is 136 Å². The van der Waals surface area contributed by atoms with Crippen molar-refractivity contribution < 1.29 is 24.1 Å². The molecule has 0 fully saturated rings. The SMILES string of the molecule is CC(C)(C)[S@+]([O-])N[C@H]1CCOc2c(C(=O)O)cc([N+](=O)[O-])cc21. The first-order chi connectivity index (χ1) is 10.6. The van der Waals surface area contributed by atoms with Crippen LogP contribution in [0.4, 0.5) is 5.69 Å². The Kier molecular flexibility index (Phi) is 4.83. The fraction of sp³-hybridized carbons (Fsp3) is 0.500. The Hall–Kier alpha value is -1.84. The molecule has 0 amide bonds. The molecule has 0 saturated heterocycles.